The molecule has 0 N–H and O–H groups in total. The molecular weight excluding hydrogens is 368 g/mol. The van der Waals surface area contributed by atoms with Gasteiger partial charge in [-0.15, -0.1) is 6.58 Å². The van der Waals surface area contributed by atoms with Crippen molar-refractivity contribution in [1.29, 1.82) is 0 Å². The van der Waals surface area contributed by atoms with E-state index in [-0.39, 0.29) is 39.9 Å². The number of carbonyl (C=O) groups excluding carboxylic acids is 3. The molecule has 0 aromatic carbocycles. The van der Waals surface area contributed by atoms with Crippen molar-refractivity contribution in [3.8, 4) is 0 Å². The predicted molar refractivity (Wildman–Crippen MR) is 110 cm³/mol. The minimum Gasteiger partial charge on any atom is -0.465 e. The zero-order valence-corrected chi connectivity index (χ0v) is 18.4. The second kappa shape index (κ2) is 7.41. The number of Topliss-reactive ketones (excluding diaryl/α,β-unsaturated/α-hetero) is 1. The molecule has 1 saturated carbocycles. The zero-order chi connectivity index (χ0) is 21.6. The second-order valence-electron chi connectivity index (χ2n) is 10.1. The van der Waals surface area contributed by atoms with Crippen molar-refractivity contribution in [3.05, 3.63) is 23.8 Å². The van der Waals surface area contributed by atoms with Gasteiger partial charge in [0.15, 0.2) is 5.78 Å². The molecule has 29 heavy (non-hydrogen) atoms. The lowest BCUT2D eigenvalue weighted by Gasteiger charge is -2.58. The Balaban J connectivity index is 2.09. The second-order valence-corrected chi connectivity index (χ2v) is 10.1. The van der Waals surface area contributed by atoms with E-state index in [0.717, 1.165) is 30.4 Å². The molecule has 0 spiro atoms. The van der Waals surface area contributed by atoms with Crippen LogP contribution in [0.15, 0.2) is 23.8 Å². The van der Waals surface area contributed by atoms with E-state index < -0.39 is 6.10 Å². The number of carbonyl (C=O) groups is 3. The number of hydrogen-bond donors (Lipinski definition) is 0. The van der Waals surface area contributed by atoms with Crippen LogP contribution in [0.2, 0.25) is 0 Å². The fourth-order valence-corrected chi connectivity index (χ4v) is 6.23. The maximum absolute atomic E-state index is 13.3. The molecule has 3 aliphatic rings. The molecule has 0 amide bonds. The molecule has 0 aliphatic heterocycles. The lowest BCUT2D eigenvalue weighted by atomic mass is 9.47. The number of allylic oxidation sites excluding steroid dienone is 2. The van der Waals surface area contributed by atoms with Crippen LogP contribution in [0.25, 0.3) is 0 Å². The Bertz CT molecular complexity index is 780. The average Bonchev–Trinajstić information content (AvgIpc) is 2.61. The SMILES string of the molecule is C=C[C@@]1(C)CC2=C([C@H](OC(C)=O)C1)[C@]1(C)CCC[C@@](C)(COC(C)=O)[C@H]1CC2=O. The maximum atomic E-state index is 13.3. The van der Waals surface area contributed by atoms with Crippen LogP contribution in [0.5, 0.6) is 0 Å². The normalized spacial score (nSPS) is 39.3. The van der Waals surface area contributed by atoms with Crippen LogP contribution in [-0.4, -0.2) is 30.4 Å². The molecule has 0 bridgehead atoms. The van der Waals surface area contributed by atoms with E-state index in [9.17, 15) is 14.4 Å². The molecule has 5 atom stereocenters. The van der Waals surface area contributed by atoms with Gasteiger partial charge in [-0.3, -0.25) is 14.4 Å². The highest BCUT2D eigenvalue weighted by molar-refractivity contribution is 5.98. The summed E-state index contributed by atoms with van der Waals surface area (Å²) in [5, 5.41) is 0. The molecule has 0 heterocycles. The van der Waals surface area contributed by atoms with Crippen LogP contribution in [0, 0.1) is 22.2 Å². The molecule has 5 nitrogen and oxygen atoms in total. The number of esters is 2. The molecular formula is C24H34O5. The minimum absolute atomic E-state index is 0.0560. The Morgan fingerprint density at radius 1 is 1.17 bits per heavy atom. The first-order valence-corrected chi connectivity index (χ1v) is 10.6. The summed E-state index contributed by atoms with van der Waals surface area (Å²) in [5.41, 5.74) is 1.06. The van der Waals surface area contributed by atoms with Gasteiger partial charge in [0.2, 0.25) is 0 Å². The first-order chi connectivity index (χ1) is 13.4. The van der Waals surface area contributed by atoms with Crippen LogP contribution < -0.4 is 0 Å². The molecule has 3 aliphatic carbocycles. The van der Waals surface area contributed by atoms with Crippen molar-refractivity contribution in [3.63, 3.8) is 0 Å². The standard InChI is InChI=1S/C24H34O5/c1-7-22(4)12-17-18(27)11-20-23(5,14-28-15(2)25)9-8-10-24(20,6)21(17)19(13-22)29-16(3)26/h7,19-20H,1,8-14H2,2-6H3/t19-,20-,22+,23+,24-/m1/s1. The summed E-state index contributed by atoms with van der Waals surface area (Å²) in [7, 11) is 0. The van der Waals surface area contributed by atoms with E-state index in [1.807, 2.05) is 6.08 Å². The molecule has 0 aromatic rings. The summed E-state index contributed by atoms with van der Waals surface area (Å²) in [6.45, 7) is 13.6. The van der Waals surface area contributed by atoms with Gasteiger partial charge in [-0.25, -0.2) is 0 Å². The van der Waals surface area contributed by atoms with Gasteiger partial charge in [0.05, 0.1) is 6.61 Å². The van der Waals surface area contributed by atoms with Crippen LogP contribution in [0.1, 0.15) is 73.1 Å². The van der Waals surface area contributed by atoms with Crippen molar-refractivity contribution < 1.29 is 23.9 Å². The van der Waals surface area contributed by atoms with E-state index in [2.05, 4.69) is 27.4 Å². The van der Waals surface area contributed by atoms with E-state index in [1.165, 1.54) is 13.8 Å². The summed E-state index contributed by atoms with van der Waals surface area (Å²) in [5.74, 6) is -0.423. The van der Waals surface area contributed by atoms with Crippen LogP contribution in [-0.2, 0) is 23.9 Å². The van der Waals surface area contributed by atoms with Crippen LogP contribution in [0.3, 0.4) is 0 Å². The molecule has 0 radical (unpaired) electrons. The van der Waals surface area contributed by atoms with Gasteiger partial charge in [0.1, 0.15) is 6.10 Å². The molecule has 0 aromatic heterocycles. The Morgan fingerprint density at radius 3 is 2.45 bits per heavy atom. The number of rotatable bonds is 4. The number of ether oxygens (including phenoxy) is 2. The Kier molecular flexibility index (Phi) is 5.57. The molecule has 1 fully saturated rings. The third-order valence-electron chi connectivity index (χ3n) is 7.68. The Labute approximate surface area is 173 Å². The first kappa shape index (κ1) is 21.8. The van der Waals surface area contributed by atoms with Gasteiger partial charge in [0, 0.05) is 25.7 Å². The molecule has 0 saturated heterocycles. The quantitative estimate of drug-likeness (QED) is 0.510. The van der Waals surface area contributed by atoms with E-state index >= 15 is 0 Å². The van der Waals surface area contributed by atoms with Gasteiger partial charge in [0.25, 0.3) is 0 Å². The van der Waals surface area contributed by atoms with Crippen molar-refractivity contribution in [2.45, 2.75) is 79.2 Å². The topological polar surface area (TPSA) is 69.7 Å². The number of hydrogen-bond acceptors (Lipinski definition) is 5. The van der Waals surface area contributed by atoms with E-state index in [0.29, 0.717) is 25.9 Å². The van der Waals surface area contributed by atoms with Crippen molar-refractivity contribution in [2.75, 3.05) is 6.61 Å². The van der Waals surface area contributed by atoms with E-state index in [4.69, 9.17) is 9.47 Å². The summed E-state index contributed by atoms with van der Waals surface area (Å²) in [4.78, 5) is 36.7. The molecule has 160 valence electrons. The van der Waals surface area contributed by atoms with Crippen molar-refractivity contribution in [2.24, 2.45) is 22.2 Å². The highest BCUT2D eigenvalue weighted by Crippen LogP contribution is 2.62. The summed E-state index contributed by atoms with van der Waals surface area (Å²) in [6.07, 6.45) is 6.07. The minimum atomic E-state index is -0.410. The number of ketones is 1. The third-order valence-corrected chi connectivity index (χ3v) is 7.68. The largest absolute Gasteiger partial charge is 0.465 e. The van der Waals surface area contributed by atoms with E-state index in [1.54, 1.807) is 0 Å². The number of fused-ring (bicyclic) bond motifs is 2. The molecule has 0 unspecified atom stereocenters. The molecule has 3 rings (SSSR count). The predicted octanol–water partition coefficient (Wildman–Crippen LogP) is 4.55. The van der Waals surface area contributed by atoms with Crippen LogP contribution >= 0.6 is 0 Å². The monoisotopic (exact) mass is 402 g/mol. The van der Waals surface area contributed by atoms with Crippen molar-refractivity contribution in [1.82, 2.24) is 0 Å². The van der Waals surface area contributed by atoms with Gasteiger partial charge in [-0.2, -0.15) is 0 Å². The Hall–Kier alpha value is -1.91. The maximum Gasteiger partial charge on any atom is 0.303 e. The zero-order valence-electron chi connectivity index (χ0n) is 18.4. The lowest BCUT2D eigenvalue weighted by molar-refractivity contribution is -0.154. The summed E-state index contributed by atoms with van der Waals surface area (Å²) < 4.78 is 11.2. The Morgan fingerprint density at radius 2 is 1.86 bits per heavy atom. The van der Waals surface area contributed by atoms with Crippen molar-refractivity contribution >= 4 is 17.7 Å². The molecule has 5 heteroatoms. The smallest absolute Gasteiger partial charge is 0.303 e. The van der Waals surface area contributed by atoms with Gasteiger partial charge < -0.3 is 9.47 Å². The van der Waals surface area contributed by atoms with Crippen LogP contribution in [0.4, 0.5) is 0 Å². The summed E-state index contributed by atoms with van der Waals surface area (Å²) >= 11 is 0. The van der Waals surface area contributed by atoms with Gasteiger partial charge in [-0.05, 0) is 53.6 Å². The third kappa shape index (κ3) is 3.80. The summed E-state index contributed by atoms with van der Waals surface area (Å²) in [6, 6.07) is 0. The lowest BCUT2D eigenvalue weighted by Crippen LogP contribution is -2.54. The first-order valence-electron chi connectivity index (χ1n) is 10.6. The van der Waals surface area contributed by atoms with Gasteiger partial charge in [-0.1, -0.05) is 33.3 Å². The van der Waals surface area contributed by atoms with Gasteiger partial charge >= 0.3 is 11.9 Å². The fourth-order valence-electron chi connectivity index (χ4n) is 6.23. The highest BCUT2D eigenvalue weighted by atomic mass is 16.5. The fraction of sp³-hybridized carbons (Fsp3) is 0.708. The average molecular weight is 403 g/mol. The highest BCUT2D eigenvalue weighted by Gasteiger charge is 2.58.